The van der Waals surface area contributed by atoms with Crippen LogP contribution in [0.25, 0.3) is 10.9 Å². The maximum absolute atomic E-state index is 13.1. The lowest BCUT2D eigenvalue weighted by molar-refractivity contribution is 0.0749. The van der Waals surface area contributed by atoms with Gasteiger partial charge < -0.3 is 19.5 Å². The summed E-state index contributed by atoms with van der Waals surface area (Å²) in [5.41, 5.74) is 5.57. The number of aromatic amines is 1. The average Bonchev–Trinajstić information content (AvgIpc) is 3.12. The Morgan fingerprint density at radius 1 is 1.07 bits per heavy atom. The molecule has 5 heteroatoms. The van der Waals surface area contributed by atoms with Crippen LogP contribution in [0.5, 0.6) is 5.75 Å². The highest BCUT2D eigenvalue weighted by molar-refractivity contribution is 6.07. The van der Waals surface area contributed by atoms with Crippen molar-refractivity contribution in [2.75, 3.05) is 38.2 Å². The Kier molecular flexibility index (Phi) is 4.52. The molecule has 1 aromatic heterocycles. The zero-order valence-electron chi connectivity index (χ0n) is 16.1. The summed E-state index contributed by atoms with van der Waals surface area (Å²) in [7, 11) is 1.64. The lowest BCUT2D eigenvalue weighted by Gasteiger charge is -2.37. The molecule has 0 radical (unpaired) electrons. The van der Waals surface area contributed by atoms with E-state index in [9.17, 15) is 4.79 Å². The van der Waals surface area contributed by atoms with Gasteiger partial charge >= 0.3 is 0 Å². The number of fused-ring (bicyclic) bond motifs is 1. The van der Waals surface area contributed by atoms with Gasteiger partial charge in [-0.2, -0.15) is 0 Å². The largest absolute Gasteiger partial charge is 0.497 e. The number of rotatable bonds is 3. The third-order valence-electron chi connectivity index (χ3n) is 5.60. The molecule has 2 aromatic carbocycles. The number of H-pyrrole nitrogens is 1. The van der Waals surface area contributed by atoms with E-state index >= 15 is 0 Å². The fourth-order valence-corrected chi connectivity index (χ4v) is 3.80. The molecule has 0 saturated carbocycles. The van der Waals surface area contributed by atoms with E-state index in [1.54, 1.807) is 7.11 Å². The first kappa shape index (κ1) is 17.5. The number of amides is 1. The molecule has 1 fully saturated rings. The first-order chi connectivity index (χ1) is 13.1. The molecule has 1 amide bonds. The smallest absolute Gasteiger partial charge is 0.256 e. The van der Waals surface area contributed by atoms with Crippen LogP contribution in [0, 0.1) is 13.8 Å². The van der Waals surface area contributed by atoms with Gasteiger partial charge in [-0.3, -0.25) is 4.79 Å². The van der Waals surface area contributed by atoms with E-state index < -0.39 is 0 Å². The van der Waals surface area contributed by atoms with Gasteiger partial charge in [-0.1, -0.05) is 12.1 Å². The molecular formula is C22H25N3O2. The van der Waals surface area contributed by atoms with Crippen molar-refractivity contribution in [2.45, 2.75) is 13.8 Å². The lowest BCUT2D eigenvalue weighted by atomic mass is 10.1. The minimum atomic E-state index is 0.0788. The van der Waals surface area contributed by atoms with Crippen LogP contribution < -0.4 is 9.64 Å². The fourth-order valence-electron chi connectivity index (χ4n) is 3.80. The molecule has 140 valence electrons. The van der Waals surface area contributed by atoms with E-state index in [1.807, 2.05) is 29.3 Å². The second-order valence-electron chi connectivity index (χ2n) is 7.11. The molecule has 0 spiro atoms. The van der Waals surface area contributed by atoms with Crippen LogP contribution >= 0.6 is 0 Å². The number of methoxy groups -OCH3 is 1. The van der Waals surface area contributed by atoms with Crippen LogP contribution in [-0.4, -0.2) is 49.1 Å². The number of anilines is 1. The molecule has 0 aliphatic carbocycles. The molecule has 0 unspecified atom stereocenters. The third-order valence-corrected chi connectivity index (χ3v) is 5.60. The Hall–Kier alpha value is -2.95. The fraction of sp³-hybridized carbons (Fsp3) is 0.318. The van der Waals surface area contributed by atoms with E-state index in [1.165, 1.54) is 16.8 Å². The number of carbonyl (C=O) groups is 1. The second-order valence-corrected chi connectivity index (χ2v) is 7.11. The van der Waals surface area contributed by atoms with Crippen molar-refractivity contribution in [3.8, 4) is 5.75 Å². The van der Waals surface area contributed by atoms with Crippen molar-refractivity contribution in [2.24, 2.45) is 0 Å². The molecule has 1 aliphatic rings. The van der Waals surface area contributed by atoms with Gasteiger partial charge in [0, 0.05) is 49.0 Å². The predicted molar refractivity (Wildman–Crippen MR) is 109 cm³/mol. The molecule has 5 nitrogen and oxygen atoms in total. The molecule has 3 aromatic rings. The number of hydrogen-bond donors (Lipinski definition) is 1. The van der Waals surface area contributed by atoms with Crippen molar-refractivity contribution in [3.05, 3.63) is 59.3 Å². The van der Waals surface area contributed by atoms with E-state index in [-0.39, 0.29) is 5.91 Å². The zero-order chi connectivity index (χ0) is 19.0. The lowest BCUT2D eigenvalue weighted by Crippen LogP contribution is -2.49. The van der Waals surface area contributed by atoms with Gasteiger partial charge in [0.1, 0.15) is 5.75 Å². The number of aromatic nitrogens is 1. The maximum atomic E-state index is 13.1. The van der Waals surface area contributed by atoms with Crippen molar-refractivity contribution in [3.63, 3.8) is 0 Å². The van der Waals surface area contributed by atoms with E-state index in [0.717, 1.165) is 42.8 Å². The molecule has 0 bridgehead atoms. The summed E-state index contributed by atoms with van der Waals surface area (Å²) in [4.78, 5) is 20.6. The number of ether oxygens (including phenoxy) is 1. The Labute approximate surface area is 159 Å². The minimum Gasteiger partial charge on any atom is -0.497 e. The topological polar surface area (TPSA) is 48.6 Å². The molecule has 4 rings (SSSR count). The van der Waals surface area contributed by atoms with Crippen LogP contribution in [0.15, 0.2) is 42.6 Å². The van der Waals surface area contributed by atoms with Crippen LogP contribution in [-0.2, 0) is 0 Å². The number of piperazine rings is 1. The van der Waals surface area contributed by atoms with Gasteiger partial charge in [0.05, 0.1) is 12.7 Å². The minimum absolute atomic E-state index is 0.0788. The van der Waals surface area contributed by atoms with Crippen molar-refractivity contribution < 1.29 is 9.53 Å². The van der Waals surface area contributed by atoms with Gasteiger partial charge in [-0.25, -0.2) is 0 Å². The molecule has 1 N–H and O–H groups in total. The SMILES string of the molecule is COc1ccc2[nH]cc(C(=O)N3CCN(c4cccc(C)c4C)CC3)c2c1. The number of benzene rings is 2. The van der Waals surface area contributed by atoms with Gasteiger partial charge in [0.15, 0.2) is 0 Å². The monoisotopic (exact) mass is 363 g/mol. The van der Waals surface area contributed by atoms with Crippen LogP contribution in [0.1, 0.15) is 21.5 Å². The Morgan fingerprint density at radius 3 is 2.59 bits per heavy atom. The van der Waals surface area contributed by atoms with Gasteiger partial charge in [-0.15, -0.1) is 0 Å². The normalized spacial score (nSPS) is 14.6. The summed E-state index contributed by atoms with van der Waals surface area (Å²) in [5.74, 6) is 0.839. The standard InChI is InChI=1S/C22H25N3O2/c1-15-5-4-6-21(16(15)2)24-9-11-25(12-10-24)22(26)19-14-23-20-8-7-17(27-3)13-18(19)20/h4-8,13-14,23H,9-12H2,1-3H3. The molecule has 27 heavy (non-hydrogen) atoms. The first-order valence-electron chi connectivity index (χ1n) is 9.34. The Bertz CT molecular complexity index is 984. The summed E-state index contributed by atoms with van der Waals surface area (Å²) >= 11 is 0. The summed E-state index contributed by atoms with van der Waals surface area (Å²) in [6, 6.07) is 12.2. The number of nitrogens with zero attached hydrogens (tertiary/aromatic N) is 2. The Balaban J connectivity index is 1.51. The highest BCUT2D eigenvalue weighted by atomic mass is 16.5. The highest BCUT2D eigenvalue weighted by Crippen LogP contribution is 2.27. The van der Waals surface area contributed by atoms with Crippen LogP contribution in [0.3, 0.4) is 0 Å². The maximum Gasteiger partial charge on any atom is 0.256 e. The first-order valence-corrected chi connectivity index (χ1v) is 9.34. The molecular weight excluding hydrogens is 338 g/mol. The van der Waals surface area contributed by atoms with E-state index in [0.29, 0.717) is 5.56 Å². The summed E-state index contributed by atoms with van der Waals surface area (Å²) in [5, 5.41) is 0.913. The van der Waals surface area contributed by atoms with Gasteiger partial charge in [-0.05, 0) is 49.2 Å². The van der Waals surface area contributed by atoms with Gasteiger partial charge in [0.2, 0.25) is 0 Å². The zero-order valence-corrected chi connectivity index (χ0v) is 16.1. The van der Waals surface area contributed by atoms with E-state index in [4.69, 9.17) is 4.74 Å². The van der Waals surface area contributed by atoms with Gasteiger partial charge in [0.25, 0.3) is 5.91 Å². The summed E-state index contributed by atoms with van der Waals surface area (Å²) < 4.78 is 5.31. The third kappa shape index (κ3) is 3.14. The van der Waals surface area contributed by atoms with Crippen molar-refractivity contribution in [1.82, 2.24) is 9.88 Å². The predicted octanol–water partition coefficient (Wildman–Crippen LogP) is 3.76. The number of nitrogens with one attached hydrogen (secondary N) is 1. The quantitative estimate of drug-likeness (QED) is 0.771. The molecule has 0 atom stereocenters. The highest BCUT2D eigenvalue weighted by Gasteiger charge is 2.25. The molecule has 1 saturated heterocycles. The van der Waals surface area contributed by atoms with E-state index in [2.05, 4.69) is 41.9 Å². The molecule has 1 aliphatic heterocycles. The van der Waals surface area contributed by atoms with Crippen LogP contribution in [0.4, 0.5) is 5.69 Å². The number of hydrogen-bond acceptors (Lipinski definition) is 3. The summed E-state index contributed by atoms with van der Waals surface area (Å²) in [6.45, 7) is 7.46. The average molecular weight is 363 g/mol. The van der Waals surface area contributed by atoms with Crippen LogP contribution in [0.2, 0.25) is 0 Å². The van der Waals surface area contributed by atoms with Crippen molar-refractivity contribution in [1.29, 1.82) is 0 Å². The number of aryl methyl sites for hydroxylation is 1. The summed E-state index contributed by atoms with van der Waals surface area (Å²) in [6.07, 6.45) is 1.81. The Morgan fingerprint density at radius 2 is 1.85 bits per heavy atom. The number of carbonyl (C=O) groups excluding carboxylic acids is 1. The second kappa shape index (κ2) is 6.99. The van der Waals surface area contributed by atoms with Crippen molar-refractivity contribution >= 4 is 22.5 Å². The molecule has 2 heterocycles.